The van der Waals surface area contributed by atoms with E-state index in [4.69, 9.17) is 39.1 Å². The number of hydrazine groups is 1. The number of hydrogen-bond acceptors (Lipinski definition) is 22. The number of unbranched alkanes of at least 4 members (excludes halogenated alkanes) is 2. The number of primary amides is 1. The van der Waals surface area contributed by atoms with Gasteiger partial charge in [-0.2, -0.15) is 0 Å². The second-order valence-electron chi connectivity index (χ2n) is 29.1. The van der Waals surface area contributed by atoms with Crippen LogP contribution in [0.1, 0.15) is 185 Å². The zero-order valence-electron chi connectivity index (χ0n) is 67.3. The summed E-state index contributed by atoms with van der Waals surface area (Å²) in [5, 5.41) is 31.8. The third-order valence-electron chi connectivity index (χ3n) is 19.3. The highest BCUT2D eigenvalue weighted by Crippen LogP contribution is 2.32. The fraction of sp³-hybridized carbons (Fsp3) is 0.633. The molecule has 0 spiro atoms. The fourth-order valence-corrected chi connectivity index (χ4v) is 13.5. The van der Waals surface area contributed by atoms with Crippen LogP contribution in [0.4, 0.5) is 20.1 Å². The molecular weight excluding hydrogens is 1480 g/mol. The zero-order chi connectivity index (χ0) is 82.8. The van der Waals surface area contributed by atoms with Crippen LogP contribution in [0.15, 0.2) is 66.1 Å². The van der Waals surface area contributed by atoms with E-state index in [0.29, 0.717) is 67.9 Å². The minimum atomic E-state index is -1.07. The van der Waals surface area contributed by atoms with Gasteiger partial charge in [-0.15, -0.1) is 11.3 Å². The standard InChI is InChI=1S/C79H122N14O19S/c1-11-35-92(76(103)69(53(8)13-3)88-73(101)62-21-16-18-36-91(62)10)63(51(4)5)48-64(110-38-12-2)75-86-61(50-113-75)72(100)84-58(47-55-25-29-59(94)30-26-55)46-54(9)70(98)89-90-79(106)111-45-44-109-43-42-108-41-40-107-39-34-82-78(105)112-49-56-23-27-57(28-24-56)83-71(99)60(20-19-33-81-77(80)104)85-74(102)68(52(6)7)87-65(95)22-15-14-17-37-93-66(96)31-32-67(93)97/h23-32,50-54,58,60,62-64,68-69,94H,11-22,33-49H2,1-10H3,(H,82,105)(H,83,99)(H,84,100)(H,85,102)(H,87,95)(H,88,101)(H,89,98)(H,90,106)(H3,80,81,104). The summed E-state index contributed by atoms with van der Waals surface area (Å²) in [6.45, 7) is 20.4. The van der Waals surface area contributed by atoms with Gasteiger partial charge in [0.25, 0.3) is 17.7 Å². The van der Waals surface area contributed by atoms with E-state index in [2.05, 4.69) is 66.8 Å². The molecule has 3 heterocycles. The van der Waals surface area contributed by atoms with Crippen LogP contribution >= 0.6 is 11.3 Å². The molecule has 12 N–H and O–H groups in total. The third-order valence-corrected chi connectivity index (χ3v) is 20.2. The molecule has 1 aromatic heterocycles. The smallest absolute Gasteiger partial charge is 0.426 e. The number of hydrogen-bond donors (Lipinski definition) is 11. The molecule has 2 aliphatic rings. The number of anilines is 1. The lowest BCUT2D eigenvalue weighted by Crippen LogP contribution is -2.58. The summed E-state index contributed by atoms with van der Waals surface area (Å²) >= 11 is 1.29. The van der Waals surface area contributed by atoms with Crippen molar-refractivity contribution >= 4 is 88.4 Å². The maximum Gasteiger partial charge on any atom is 0.426 e. The summed E-state index contributed by atoms with van der Waals surface area (Å²) < 4.78 is 33.5. The minimum Gasteiger partial charge on any atom is -0.508 e. The highest BCUT2D eigenvalue weighted by Gasteiger charge is 2.39. The molecule has 9 atom stereocenters. The molecule has 1 fully saturated rings. The average molecular weight is 1600 g/mol. The Balaban J connectivity index is 0.970. The minimum absolute atomic E-state index is 0.00732. The topological polar surface area (TPSA) is 437 Å². The number of phenolic OH excluding ortho intramolecular Hbond substituents is 1. The molecule has 0 aliphatic carbocycles. The van der Waals surface area contributed by atoms with Gasteiger partial charge in [-0.05, 0) is 131 Å². The summed E-state index contributed by atoms with van der Waals surface area (Å²) in [6, 6.07) is 8.26. The lowest BCUT2D eigenvalue weighted by atomic mass is 9.92. The van der Waals surface area contributed by atoms with Crippen molar-refractivity contribution in [3.63, 3.8) is 0 Å². The Morgan fingerprint density at radius 2 is 1.35 bits per heavy atom. The molecule has 628 valence electrons. The molecule has 9 unspecified atom stereocenters. The van der Waals surface area contributed by atoms with Gasteiger partial charge < -0.3 is 81.4 Å². The molecule has 34 heteroatoms. The van der Waals surface area contributed by atoms with Crippen molar-refractivity contribution < 1.29 is 91.1 Å². The Bertz CT molecular complexity index is 3510. The Kier molecular flexibility index (Phi) is 42.9. The number of likely N-dealkylation sites (N-methyl/N-ethyl adjacent to an activating group) is 1. The van der Waals surface area contributed by atoms with E-state index in [1.807, 2.05) is 39.6 Å². The van der Waals surface area contributed by atoms with Crippen LogP contribution in [-0.2, 0) is 79.8 Å². The molecular formula is C79H122N14O19S. The first kappa shape index (κ1) is 94.2. The van der Waals surface area contributed by atoms with E-state index in [1.54, 1.807) is 62.5 Å². The Morgan fingerprint density at radius 3 is 1.98 bits per heavy atom. The number of nitrogens with two attached hydrogens (primary N) is 1. The summed E-state index contributed by atoms with van der Waals surface area (Å²) in [7, 11) is 1.96. The number of ether oxygens (including phenoxy) is 6. The van der Waals surface area contributed by atoms with Gasteiger partial charge >= 0.3 is 18.2 Å². The number of carbonyl (C=O) groups excluding carboxylic acids is 12. The number of alkyl carbamates (subject to hydrolysis) is 1. The van der Waals surface area contributed by atoms with Crippen molar-refractivity contribution in [2.45, 2.75) is 208 Å². The number of piperidine rings is 1. The first-order valence-electron chi connectivity index (χ1n) is 39.5. The van der Waals surface area contributed by atoms with E-state index >= 15 is 0 Å². The van der Waals surface area contributed by atoms with Crippen molar-refractivity contribution in [3.8, 4) is 5.75 Å². The van der Waals surface area contributed by atoms with Crippen LogP contribution in [0, 0.1) is 23.7 Å². The number of rotatable bonds is 52. The summed E-state index contributed by atoms with van der Waals surface area (Å²) in [5.41, 5.74) is 11.8. The largest absolute Gasteiger partial charge is 0.508 e. The van der Waals surface area contributed by atoms with E-state index in [-0.39, 0.29) is 175 Å². The molecule has 13 amide bonds. The number of imide groups is 1. The van der Waals surface area contributed by atoms with Gasteiger partial charge in [0.05, 0.1) is 45.7 Å². The van der Waals surface area contributed by atoms with Crippen molar-refractivity contribution in [3.05, 3.63) is 87.9 Å². The number of nitrogens with one attached hydrogen (secondary N) is 9. The number of benzene rings is 2. The number of carbonyl (C=O) groups is 12. The number of thiazole rings is 1. The number of nitrogens with zero attached hydrogens (tertiary/aromatic N) is 4. The molecule has 113 heavy (non-hydrogen) atoms. The van der Waals surface area contributed by atoms with Gasteiger partial charge in [-0.1, -0.05) is 106 Å². The second kappa shape index (κ2) is 51.4. The van der Waals surface area contributed by atoms with Gasteiger partial charge in [0, 0.05) is 86.8 Å². The van der Waals surface area contributed by atoms with Crippen LogP contribution in [0.25, 0.3) is 0 Å². The predicted octanol–water partition coefficient (Wildman–Crippen LogP) is 6.58. The van der Waals surface area contributed by atoms with Crippen molar-refractivity contribution in [1.29, 1.82) is 0 Å². The highest BCUT2D eigenvalue weighted by atomic mass is 32.1. The normalized spacial score (nSPS) is 15.7. The first-order chi connectivity index (χ1) is 54.1. The molecule has 0 radical (unpaired) electrons. The van der Waals surface area contributed by atoms with E-state index in [9.17, 15) is 62.6 Å². The molecule has 0 saturated carbocycles. The van der Waals surface area contributed by atoms with E-state index in [1.165, 1.54) is 35.6 Å². The number of aromatic nitrogens is 1. The summed E-state index contributed by atoms with van der Waals surface area (Å²) in [6.07, 6.45) is 7.91. The van der Waals surface area contributed by atoms with Crippen LogP contribution < -0.4 is 53.8 Å². The number of likely N-dealkylation sites (tertiary alicyclic amines) is 1. The molecule has 5 rings (SSSR count). The highest BCUT2D eigenvalue weighted by molar-refractivity contribution is 7.09. The Hall–Kier alpha value is -9.35. The molecule has 2 aliphatic heterocycles. The van der Waals surface area contributed by atoms with Gasteiger partial charge in [0.2, 0.25) is 35.4 Å². The molecule has 1 saturated heterocycles. The lowest BCUT2D eigenvalue weighted by molar-refractivity contribution is -0.143. The van der Waals surface area contributed by atoms with Gasteiger partial charge in [-0.3, -0.25) is 58.4 Å². The van der Waals surface area contributed by atoms with E-state index in [0.717, 1.165) is 42.7 Å². The van der Waals surface area contributed by atoms with Gasteiger partial charge in [-0.25, -0.2) is 24.8 Å². The fourth-order valence-electron chi connectivity index (χ4n) is 12.7. The van der Waals surface area contributed by atoms with Crippen LogP contribution in [0.5, 0.6) is 5.75 Å². The molecule has 3 aromatic rings. The quantitative estimate of drug-likeness (QED) is 0.0161. The summed E-state index contributed by atoms with van der Waals surface area (Å²) in [5.74, 6) is -4.70. The second-order valence-corrected chi connectivity index (χ2v) is 30.0. The number of phenols is 1. The number of urea groups is 1. The van der Waals surface area contributed by atoms with Crippen molar-refractivity contribution in [2.75, 3.05) is 97.9 Å². The monoisotopic (exact) mass is 1600 g/mol. The average Bonchev–Trinajstić information content (AvgIpc) is 1.39. The molecule has 2 aromatic carbocycles. The van der Waals surface area contributed by atoms with Gasteiger partial charge in [0.15, 0.2) is 0 Å². The lowest BCUT2D eigenvalue weighted by Gasteiger charge is -2.40. The van der Waals surface area contributed by atoms with Crippen molar-refractivity contribution in [1.82, 2.24) is 62.4 Å². The van der Waals surface area contributed by atoms with Crippen molar-refractivity contribution in [2.24, 2.45) is 29.4 Å². The predicted molar refractivity (Wildman–Crippen MR) is 423 cm³/mol. The first-order valence-corrected chi connectivity index (χ1v) is 40.4. The number of amides is 13. The van der Waals surface area contributed by atoms with Crippen LogP contribution in [0.2, 0.25) is 0 Å². The third kappa shape index (κ3) is 34.5. The van der Waals surface area contributed by atoms with Gasteiger partial charge in [0.1, 0.15) is 53.9 Å². The SMILES string of the molecule is CCCOC(CC(C(C)C)N(CCC)C(=O)C(NC(=O)C1CCCCN1C)C(C)CC)c1nc(C(=O)NC(Cc2ccc(O)cc2)CC(C)C(=O)NNC(=O)OCCOCCOCCOCCNC(=O)OCc2ccc(NC(=O)C(CCCNC(N)=O)NC(=O)C(NC(=O)CCCCCN3C(=O)C=CC3=O)C(C)C)cc2)cs1. The van der Waals surface area contributed by atoms with Crippen LogP contribution in [-0.4, -0.2) is 225 Å². The molecule has 0 bridgehead atoms. The van der Waals surface area contributed by atoms with E-state index < -0.39 is 78.0 Å². The Labute approximate surface area is 667 Å². The summed E-state index contributed by atoms with van der Waals surface area (Å²) in [4.78, 5) is 166. The Morgan fingerprint density at radius 1 is 0.673 bits per heavy atom. The van der Waals surface area contributed by atoms with Crippen LogP contribution in [0.3, 0.4) is 0 Å². The number of aromatic hydroxyl groups is 1. The maximum atomic E-state index is 14.9. The maximum absolute atomic E-state index is 14.9. The molecule has 33 nitrogen and oxygen atoms in total. The zero-order valence-corrected chi connectivity index (χ0v) is 68.1.